The van der Waals surface area contributed by atoms with Crippen molar-refractivity contribution >= 4 is 23.1 Å². The molecular formula is C16H13ClN4O2. The van der Waals surface area contributed by atoms with Gasteiger partial charge in [0.25, 0.3) is 5.69 Å². The van der Waals surface area contributed by atoms with Crippen LogP contribution in [0.25, 0.3) is 11.1 Å². The summed E-state index contributed by atoms with van der Waals surface area (Å²) < 4.78 is 0. The van der Waals surface area contributed by atoms with E-state index in [0.717, 1.165) is 36.9 Å². The Labute approximate surface area is 137 Å². The summed E-state index contributed by atoms with van der Waals surface area (Å²) in [5.74, 6) is 0.144. The van der Waals surface area contributed by atoms with Crippen LogP contribution in [0.2, 0.25) is 5.02 Å². The third-order valence-electron chi connectivity index (χ3n) is 4.04. The lowest BCUT2D eigenvalue weighted by atomic mass is 9.86. The van der Waals surface area contributed by atoms with Crippen molar-refractivity contribution in [1.82, 2.24) is 4.98 Å². The molecule has 0 amide bonds. The zero-order valence-electron chi connectivity index (χ0n) is 12.2. The Morgan fingerprint density at radius 2 is 2.09 bits per heavy atom. The predicted molar refractivity (Wildman–Crippen MR) is 87.1 cm³/mol. The van der Waals surface area contributed by atoms with Crippen molar-refractivity contribution in [2.75, 3.05) is 5.73 Å². The van der Waals surface area contributed by atoms with Crippen LogP contribution in [-0.2, 0) is 12.8 Å². The van der Waals surface area contributed by atoms with Crippen molar-refractivity contribution in [2.24, 2.45) is 0 Å². The quantitative estimate of drug-likeness (QED) is 0.669. The first kappa shape index (κ1) is 15.3. The molecule has 0 radical (unpaired) electrons. The van der Waals surface area contributed by atoms with E-state index in [2.05, 4.69) is 11.1 Å². The number of hydrogen-bond acceptors (Lipinski definition) is 5. The number of non-ortho nitro benzene ring substituents is 1. The Hall–Kier alpha value is -2.65. The molecular weight excluding hydrogens is 316 g/mol. The van der Waals surface area contributed by atoms with Crippen LogP contribution < -0.4 is 5.73 Å². The van der Waals surface area contributed by atoms with Crippen LogP contribution in [0.15, 0.2) is 18.2 Å². The van der Waals surface area contributed by atoms with Gasteiger partial charge in [0.15, 0.2) is 0 Å². The van der Waals surface area contributed by atoms with Crippen LogP contribution in [0.5, 0.6) is 0 Å². The van der Waals surface area contributed by atoms with Crippen molar-refractivity contribution in [3.8, 4) is 17.2 Å². The molecule has 1 aliphatic rings. The number of fused-ring (bicyclic) bond motifs is 1. The lowest BCUT2D eigenvalue weighted by Crippen LogP contribution is -2.12. The summed E-state index contributed by atoms with van der Waals surface area (Å²) in [6.45, 7) is 0. The molecule has 7 heteroatoms. The van der Waals surface area contributed by atoms with Crippen LogP contribution in [-0.4, -0.2) is 9.91 Å². The third kappa shape index (κ3) is 2.60. The zero-order valence-corrected chi connectivity index (χ0v) is 12.9. The number of hydrogen-bond donors (Lipinski definition) is 1. The minimum atomic E-state index is -0.483. The summed E-state index contributed by atoms with van der Waals surface area (Å²) in [4.78, 5) is 14.9. The molecule has 6 nitrogen and oxygen atoms in total. The van der Waals surface area contributed by atoms with Crippen LogP contribution in [0.1, 0.15) is 29.7 Å². The molecule has 2 aromatic rings. The minimum Gasteiger partial charge on any atom is -0.383 e. The highest BCUT2D eigenvalue weighted by molar-refractivity contribution is 6.33. The number of anilines is 1. The van der Waals surface area contributed by atoms with Gasteiger partial charge in [-0.25, -0.2) is 4.98 Å². The number of nitro groups is 1. The second-order valence-electron chi connectivity index (χ2n) is 5.41. The summed E-state index contributed by atoms with van der Waals surface area (Å²) in [7, 11) is 0. The number of nitriles is 1. The first-order chi connectivity index (χ1) is 11.0. The molecule has 0 saturated heterocycles. The first-order valence-electron chi connectivity index (χ1n) is 7.18. The summed E-state index contributed by atoms with van der Waals surface area (Å²) in [5, 5.41) is 20.9. The van der Waals surface area contributed by atoms with Gasteiger partial charge < -0.3 is 5.73 Å². The van der Waals surface area contributed by atoms with Crippen LogP contribution >= 0.6 is 11.6 Å². The number of benzene rings is 1. The number of rotatable bonds is 2. The summed E-state index contributed by atoms with van der Waals surface area (Å²) >= 11 is 6.27. The van der Waals surface area contributed by atoms with Gasteiger partial charge in [-0.05, 0) is 37.3 Å². The highest BCUT2D eigenvalue weighted by Gasteiger charge is 2.24. The fourth-order valence-corrected chi connectivity index (χ4v) is 3.20. The maximum Gasteiger partial charge on any atom is 0.270 e. The fourth-order valence-electron chi connectivity index (χ4n) is 2.99. The van der Waals surface area contributed by atoms with E-state index < -0.39 is 4.92 Å². The Balaban J connectivity index is 2.36. The average molecular weight is 329 g/mol. The van der Waals surface area contributed by atoms with E-state index in [1.54, 1.807) is 0 Å². The highest BCUT2D eigenvalue weighted by atomic mass is 35.5. The maximum atomic E-state index is 11.1. The molecule has 1 aliphatic carbocycles. The van der Waals surface area contributed by atoms with Gasteiger partial charge in [0, 0.05) is 34.0 Å². The van der Waals surface area contributed by atoms with Crippen LogP contribution in [0.4, 0.5) is 11.5 Å². The SMILES string of the molecule is N#Cc1c(N)nc2c(c1-c1cc([N+](=O)[O-])ccc1Cl)CCCC2. The second-order valence-corrected chi connectivity index (χ2v) is 5.82. The van der Waals surface area contributed by atoms with Gasteiger partial charge >= 0.3 is 0 Å². The van der Waals surface area contributed by atoms with Gasteiger partial charge in [-0.3, -0.25) is 10.1 Å². The fraction of sp³-hybridized carbons (Fsp3) is 0.250. The van der Waals surface area contributed by atoms with Gasteiger partial charge in [0.05, 0.1) is 4.92 Å². The molecule has 1 heterocycles. The maximum absolute atomic E-state index is 11.1. The largest absolute Gasteiger partial charge is 0.383 e. The smallest absolute Gasteiger partial charge is 0.270 e. The van der Waals surface area contributed by atoms with E-state index in [0.29, 0.717) is 16.1 Å². The summed E-state index contributed by atoms with van der Waals surface area (Å²) in [6, 6.07) is 6.28. The Bertz CT molecular complexity index is 858. The monoisotopic (exact) mass is 328 g/mol. The van der Waals surface area contributed by atoms with E-state index in [4.69, 9.17) is 17.3 Å². The molecule has 0 bridgehead atoms. The number of nitrogen functional groups attached to an aromatic ring is 1. The zero-order chi connectivity index (χ0) is 16.6. The Morgan fingerprint density at radius 3 is 2.78 bits per heavy atom. The molecule has 0 unspecified atom stereocenters. The van der Waals surface area contributed by atoms with E-state index in [9.17, 15) is 15.4 Å². The van der Waals surface area contributed by atoms with Gasteiger partial charge in [0.2, 0.25) is 0 Å². The van der Waals surface area contributed by atoms with Crippen molar-refractivity contribution in [3.63, 3.8) is 0 Å². The van der Waals surface area contributed by atoms with E-state index in [1.165, 1.54) is 18.2 Å². The standard InChI is InChI=1S/C16H13ClN4O2/c17-13-6-5-9(21(22)23)7-11(13)15-10-3-1-2-4-14(10)20-16(19)12(15)8-18/h5-7H,1-4H2,(H2,19,20). The molecule has 0 spiro atoms. The molecule has 2 N–H and O–H groups in total. The molecule has 0 fully saturated rings. The lowest BCUT2D eigenvalue weighted by Gasteiger charge is -2.21. The number of nitrogens with zero attached hydrogens (tertiary/aromatic N) is 3. The molecule has 3 rings (SSSR count). The topological polar surface area (TPSA) is 106 Å². The van der Waals surface area contributed by atoms with Gasteiger partial charge in [-0.1, -0.05) is 11.6 Å². The summed E-state index contributed by atoms with van der Waals surface area (Å²) in [5.41, 5.74) is 8.91. The molecule has 23 heavy (non-hydrogen) atoms. The number of aromatic nitrogens is 1. The number of halogens is 1. The first-order valence-corrected chi connectivity index (χ1v) is 7.56. The van der Waals surface area contributed by atoms with Gasteiger partial charge in [-0.15, -0.1) is 0 Å². The van der Waals surface area contributed by atoms with Crippen molar-refractivity contribution in [1.29, 1.82) is 5.26 Å². The molecule has 1 aromatic heterocycles. The molecule has 0 aliphatic heterocycles. The lowest BCUT2D eigenvalue weighted by molar-refractivity contribution is -0.384. The third-order valence-corrected chi connectivity index (χ3v) is 4.37. The summed E-state index contributed by atoms with van der Waals surface area (Å²) in [6.07, 6.45) is 3.52. The van der Waals surface area contributed by atoms with E-state index in [-0.39, 0.29) is 17.1 Å². The van der Waals surface area contributed by atoms with Crippen LogP contribution in [0, 0.1) is 21.4 Å². The Kier molecular flexibility index (Phi) is 3.89. The van der Waals surface area contributed by atoms with Crippen molar-refractivity contribution < 1.29 is 4.92 Å². The number of aryl methyl sites for hydroxylation is 1. The average Bonchev–Trinajstić information content (AvgIpc) is 2.54. The molecule has 0 saturated carbocycles. The van der Waals surface area contributed by atoms with Crippen LogP contribution in [0.3, 0.4) is 0 Å². The van der Waals surface area contributed by atoms with Crippen molar-refractivity contribution in [3.05, 3.63) is 50.2 Å². The van der Waals surface area contributed by atoms with E-state index >= 15 is 0 Å². The highest BCUT2D eigenvalue weighted by Crippen LogP contribution is 2.40. The number of nitrogens with two attached hydrogens (primary N) is 1. The predicted octanol–water partition coefficient (Wildman–Crippen LogP) is 3.64. The van der Waals surface area contributed by atoms with Crippen molar-refractivity contribution in [2.45, 2.75) is 25.7 Å². The minimum absolute atomic E-state index is 0.0757. The van der Waals surface area contributed by atoms with E-state index in [1.807, 2.05) is 0 Å². The molecule has 1 aromatic carbocycles. The number of nitro benzene ring substituents is 1. The normalized spacial score (nSPS) is 13.2. The number of pyridine rings is 1. The second kappa shape index (κ2) is 5.86. The van der Waals surface area contributed by atoms with Gasteiger partial charge in [-0.2, -0.15) is 5.26 Å². The molecule has 116 valence electrons. The Morgan fingerprint density at radius 1 is 1.35 bits per heavy atom. The van der Waals surface area contributed by atoms with Gasteiger partial charge in [0.1, 0.15) is 17.5 Å². The molecule has 0 atom stereocenters.